The fourth-order valence-electron chi connectivity index (χ4n) is 2.97. The smallest absolute Gasteiger partial charge is 0.475 e. The summed E-state index contributed by atoms with van der Waals surface area (Å²) in [5.74, 6) is -2.73. The van der Waals surface area contributed by atoms with E-state index < -0.39 is 24.1 Å². The van der Waals surface area contributed by atoms with Gasteiger partial charge in [-0.1, -0.05) is 38.1 Å². The maximum absolute atomic E-state index is 12.5. The zero-order chi connectivity index (χ0) is 23.8. The van der Waals surface area contributed by atoms with Crippen molar-refractivity contribution in [3.8, 4) is 0 Å². The van der Waals surface area contributed by atoms with Crippen LogP contribution in [0.3, 0.4) is 0 Å². The quantitative estimate of drug-likeness (QED) is 0.561. The van der Waals surface area contributed by atoms with Crippen LogP contribution in [0.15, 0.2) is 36.4 Å². The monoisotopic (exact) mass is 443 g/mol. The molecule has 1 aliphatic heterocycles. The lowest BCUT2D eigenvalue weighted by Gasteiger charge is -2.21. The van der Waals surface area contributed by atoms with Crippen LogP contribution in [0.5, 0.6) is 0 Å². The molecule has 0 radical (unpaired) electrons. The Balaban J connectivity index is 0.000000592. The highest BCUT2D eigenvalue weighted by Gasteiger charge is 2.38. The number of nitrogens with one attached hydrogen (secondary N) is 1. The zero-order valence-corrected chi connectivity index (χ0v) is 17.6. The van der Waals surface area contributed by atoms with E-state index in [4.69, 9.17) is 15.6 Å². The van der Waals surface area contributed by atoms with E-state index in [2.05, 4.69) is 25.2 Å². The van der Waals surface area contributed by atoms with Crippen molar-refractivity contribution in [2.45, 2.75) is 51.9 Å². The molecule has 10 heteroatoms. The van der Waals surface area contributed by atoms with Gasteiger partial charge in [-0.25, -0.2) is 4.79 Å². The van der Waals surface area contributed by atoms with Gasteiger partial charge in [-0.2, -0.15) is 13.2 Å². The Morgan fingerprint density at radius 2 is 1.81 bits per heavy atom. The highest BCUT2D eigenvalue weighted by Crippen LogP contribution is 2.27. The molecule has 2 amide bonds. The van der Waals surface area contributed by atoms with Gasteiger partial charge >= 0.3 is 12.1 Å². The summed E-state index contributed by atoms with van der Waals surface area (Å²) in [5, 5.41) is 10.3. The second-order valence-electron chi connectivity index (χ2n) is 7.56. The van der Waals surface area contributed by atoms with E-state index in [-0.39, 0.29) is 11.9 Å². The maximum atomic E-state index is 12.5. The number of anilines is 1. The summed E-state index contributed by atoms with van der Waals surface area (Å²) in [6, 6.07) is 7.50. The van der Waals surface area contributed by atoms with Gasteiger partial charge in [0.05, 0.1) is 6.04 Å². The number of primary amides is 1. The first kappa shape index (κ1) is 26.2. The van der Waals surface area contributed by atoms with E-state index in [0.717, 1.165) is 18.5 Å². The first-order valence-electron chi connectivity index (χ1n) is 9.76. The highest BCUT2D eigenvalue weighted by atomic mass is 19.4. The van der Waals surface area contributed by atoms with E-state index in [1.807, 2.05) is 24.3 Å². The number of nitrogens with two attached hydrogens (primary N) is 1. The minimum absolute atomic E-state index is 0.0257. The van der Waals surface area contributed by atoms with Gasteiger partial charge in [0.1, 0.15) is 0 Å². The van der Waals surface area contributed by atoms with E-state index in [9.17, 15) is 22.8 Å². The molecular formula is C21H28F3N3O4. The molecule has 0 saturated carbocycles. The number of carboxylic acid groups (broad SMARTS) is 1. The molecule has 1 aromatic rings. The number of aliphatic carboxylic acids is 1. The van der Waals surface area contributed by atoms with Crippen LogP contribution in [0.25, 0.3) is 0 Å². The number of carbonyl (C=O) groups is 3. The molecule has 0 spiro atoms. The number of para-hydroxylation sites is 1. The van der Waals surface area contributed by atoms with Crippen molar-refractivity contribution >= 4 is 23.5 Å². The van der Waals surface area contributed by atoms with Gasteiger partial charge < -0.3 is 15.7 Å². The molecule has 31 heavy (non-hydrogen) atoms. The number of alkyl halides is 3. The standard InChI is InChI=1S/C19H27N3O2.C2HF3O2/c1-13(2)12-16(21-14(3)19(20)24)8-9-18(23)22-11-10-15-6-4-5-7-17(15)22;3-2(4,5)1(6)7/h4-9,13-14,16,21H,10-12H2,1-3H3,(H2,20,24);(H,6,7)/b9-8+;/t14-,16+;/m0./s1. The molecule has 0 unspecified atom stereocenters. The van der Waals surface area contributed by atoms with Gasteiger partial charge in [-0.15, -0.1) is 0 Å². The second-order valence-corrected chi connectivity index (χ2v) is 7.56. The Bertz CT molecular complexity index is 809. The Kier molecular flexibility index (Phi) is 9.70. The average Bonchev–Trinajstić information content (AvgIpc) is 3.09. The highest BCUT2D eigenvalue weighted by molar-refractivity contribution is 6.02. The molecule has 0 aromatic heterocycles. The molecule has 1 aliphatic rings. The van der Waals surface area contributed by atoms with Crippen molar-refractivity contribution in [1.82, 2.24) is 5.32 Å². The number of carboxylic acids is 1. The first-order chi connectivity index (χ1) is 14.3. The largest absolute Gasteiger partial charge is 0.490 e. The van der Waals surface area contributed by atoms with E-state index in [1.165, 1.54) is 5.56 Å². The number of fused-ring (bicyclic) bond motifs is 1. The maximum Gasteiger partial charge on any atom is 0.490 e. The lowest BCUT2D eigenvalue weighted by atomic mass is 10.0. The van der Waals surface area contributed by atoms with Crippen molar-refractivity contribution in [3.05, 3.63) is 42.0 Å². The van der Waals surface area contributed by atoms with Crippen LogP contribution in [-0.4, -0.2) is 47.7 Å². The van der Waals surface area contributed by atoms with E-state index in [1.54, 1.807) is 17.9 Å². The molecule has 2 atom stereocenters. The number of rotatable bonds is 7. The van der Waals surface area contributed by atoms with Crippen LogP contribution in [0.1, 0.15) is 32.8 Å². The minimum atomic E-state index is -5.08. The summed E-state index contributed by atoms with van der Waals surface area (Å²) in [6.07, 6.45) is 0.0959. The predicted octanol–water partition coefficient (Wildman–Crippen LogP) is 2.64. The van der Waals surface area contributed by atoms with Crippen LogP contribution in [0.4, 0.5) is 18.9 Å². The van der Waals surface area contributed by atoms with Crippen LogP contribution in [0.2, 0.25) is 0 Å². The molecule has 0 bridgehead atoms. The molecule has 1 heterocycles. The van der Waals surface area contributed by atoms with Crippen molar-refractivity contribution in [2.75, 3.05) is 11.4 Å². The van der Waals surface area contributed by atoms with E-state index in [0.29, 0.717) is 12.5 Å². The topological polar surface area (TPSA) is 113 Å². The Hall–Kier alpha value is -2.88. The number of benzene rings is 1. The number of amides is 2. The summed E-state index contributed by atoms with van der Waals surface area (Å²) in [6.45, 7) is 6.66. The third-order valence-corrected chi connectivity index (χ3v) is 4.48. The van der Waals surface area contributed by atoms with Gasteiger partial charge in [0.25, 0.3) is 5.91 Å². The molecule has 172 valence electrons. The molecule has 0 fully saturated rings. The molecule has 0 aliphatic carbocycles. The fourth-order valence-corrected chi connectivity index (χ4v) is 2.97. The van der Waals surface area contributed by atoms with Crippen molar-refractivity contribution < 1.29 is 32.7 Å². The summed E-state index contributed by atoms with van der Waals surface area (Å²) >= 11 is 0. The van der Waals surface area contributed by atoms with Gasteiger partial charge in [0.2, 0.25) is 5.91 Å². The summed E-state index contributed by atoms with van der Waals surface area (Å²) in [4.78, 5) is 34.5. The number of halogens is 3. The van der Waals surface area contributed by atoms with Crippen LogP contribution in [-0.2, 0) is 20.8 Å². The molecule has 2 rings (SSSR count). The van der Waals surface area contributed by atoms with Crippen molar-refractivity contribution in [2.24, 2.45) is 11.7 Å². The molecular weight excluding hydrogens is 415 g/mol. The summed E-state index contributed by atoms with van der Waals surface area (Å²) in [7, 11) is 0. The number of carbonyl (C=O) groups excluding carboxylic acids is 2. The average molecular weight is 443 g/mol. The molecule has 1 aromatic carbocycles. The van der Waals surface area contributed by atoms with Gasteiger partial charge in [0.15, 0.2) is 0 Å². The SMILES string of the molecule is CC(C)C[C@@H](/C=C/C(=O)N1CCc2ccccc21)N[C@@H](C)C(N)=O.O=C(O)C(F)(F)F. The summed E-state index contributed by atoms with van der Waals surface area (Å²) < 4.78 is 31.7. The van der Waals surface area contributed by atoms with Gasteiger partial charge in [-0.3, -0.25) is 14.9 Å². The number of nitrogens with zero attached hydrogens (tertiary/aromatic N) is 1. The lowest BCUT2D eigenvalue weighted by Crippen LogP contribution is -2.44. The van der Waals surface area contributed by atoms with Crippen LogP contribution < -0.4 is 16.0 Å². The van der Waals surface area contributed by atoms with Crippen LogP contribution >= 0.6 is 0 Å². The lowest BCUT2D eigenvalue weighted by molar-refractivity contribution is -0.192. The summed E-state index contributed by atoms with van der Waals surface area (Å²) in [5.41, 5.74) is 7.52. The number of hydrogen-bond donors (Lipinski definition) is 3. The third-order valence-electron chi connectivity index (χ3n) is 4.48. The van der Waals surface area contributed by atoms with Crippen molar-refractivity contribution in [3.63, 3.8) is 0 Å². The zero-order valence-electron chi connectivity index (χ0n) is 17.6. The molecule has 7 nitrogen and oxygen atoms in total. The van der Waals surface area contributed by atoms with Gasteiger partial charge in [-0.05, 0) is 37.3 Å². The molecule has 0 saturated heterocycles. The predicted molar refractivity (Wildman–Crippen MR) is 110 cm³/mol. The normalized spacial score (nSPS) is 15.3. The molecule has 4 N–H and O–H groups in total. The minimum Gasteiger partial charge on any atom is -0.475 e. The Morgan fingerprint density at radius 3 is 2.32 bits per heavy atom. The van der Waals surface area contributed by atoms with Crippen molar-refractivity contribution in [1.29, 1.82) is 0 Å². The van der Waals surface area contributed by atoms with Gasteiger partial charge in [0, 0.05) is 24.4 Å². The second kappa shape index (κ2) is 11.5. The Labute approximate surface area is 179 Å². The Morgan fingerprint density at radius 1 is 1.23 bits per heavy atom. The van der Waals surface area contributed by atoms with Crippen LogP contribution in [0, 0.1) is 5.92 Å². The fraction of sp³-hybridized carbons (Fsp3) is 0.476. The third kappa shape index (κ3) is 8.79. The van der Waals surface area contributed by atoms with E-state index >= 15 is 0 Å². The number of hydrogen-bond acceptors (Lipinski definition) is 4. The first-order valence-corrected chi connectivity index (χ1v) is 9.76.